The molecule has 0 aliphatic carbocycles. The third kappa shape index (κ3) is 1.87. The van der Waals surface area contributed by atoms with E-state index >= 15 is 0 Å². The van der Waals surface area contributed by atoms with Crippen molar-refractivity contribution in [3.8, 4) is 0 Å². The Morgan fingerprint density at radius 2 is 1.83 bits per heavy atom. The van der Waals surface area contributed by atoms with Crippen molar-refractivity contribution < 1.29 is 0 Å². The molecule has 0 aliphatic heterocycles. The lowest BCUT2D eigenvalue weighted by Gasteiger charge is -2.25. The monoisotopic (exact) mass is 188 g/mol. The van der Waals surface area contributed by atoms with Gasteiger partial charge in [0.2, 0.25) is 0 Å². The van der Waals surface area contributed by atoms with Crippen molar-refractivity contribution in [2.75, 3.05) is 0 Å². The van der Waals surface area contributed by atoms with E-state index < -0.39 is 0 Å². The molecule has 6 radical (unpaired) electrons. The highest BCUT2D eigenvalue weighted by Gasteiger charge is 2.18. The highest BCUT2D eigenvalue weighted by Crippen LogP contribution is 2.23. The molecule has 0 unspecified atom stereocenters. The fourth-order valence-electron chi connectivity index (χ4n) is 1.17. The van der Waals surface area contributed by atoms with Crippen LogP contribution in [0.3, 0.4) is 0 Å². The van der Waals surface area contributed by atoms with Crippen LogP contribution in [0.4, 0.5) is 0 Å². The Morgan fingerprint density at radius 3 is 2.33 bits per heavy atom. The van der Waals surface area contributed by atoms with Crippen LogP contribution in [0.1, 0.15) is 19.4 Å². The van der Waals surface area contributed by atoms with Crippen LogP contribution < -0.4 is 5.19 Å². The molecule has 0 bridgehead atoms. The number of benzene rings is 1. The van der Waals surface area contributed by atoms with E-state index in [9.17, 15) is 0 Å². The van der Waals surface area contributed by atoms with Gasteiger partial charge in [-0.15, -0.1) is 0 Å². The summed E-state index contributed by atoms with van der Waals surface area (Å²) in [6.45, 7) is 4.44. The van der Waals surface area contributed by atoms with Crippen molar-refractivity contribution >= 4 is 25.7 Å². The van der Waals surface area contributed by atoms with E-state index in [1.54, 1.807) is 0 Å². The molecule has 0 atom stereocenters. The third-order valence-electron chi connectivity index (χ3n) is 2.10. The van der Waals surface area contributed by atoms with E-state index in [4.69, 9.17) is 0 Å². The second-order valence-electron chi connectivity index (χ2n) is 3.61. The van der Waals surface area contributed by atoms with E-state index in [0.29, 0.717) is 0 Å². The summed E-state index contributed by atoms with van der Waals surface area (Å²) in [5.74, 6) is 0. The zero-order valence-corrected chi connectivity index (χ0v) is 9.52. The Kier molecular flexibility index (Phi) is 2.91. The second kappa shape index (κ2) is 3.58. The van der Waals surface area contributed by atoms with Gasteiger partial charge in [-0.05, 0) is 11.0 Å². The number of hydrogen-bond donors (Lipinski definition) is 0. The molecule has 1 aromatic carbocycles. The number of rotatable bonds is 2. The van der Waals surface area contributed by atoms with E-state index in [0.717, 1.165) is 6.04 Å². The quantitative estimate of drug-likeness (QED) is 0.615. The second-order valence-corrected chi connectivity index (χ2v) is 4.50. The van der Waals surface area contributed by atoms with Crippen molar-refractivity contribution in [1.29, 1.82) is 0 Å². The average molecular weight is 188 g/mol. The predicted molar refractivity (Wildman–Crippen MR) is 55.4 cm³/mol. The molecule has 0 heterocycles. The van der Waals surface area contributed by atoms with Crippen LogP contribution >= 0.6 is 0 Å². The van der Waals surface area contributed by atoms with Gasteiger partial charge in [0.05, 0.1) is 10.2 Å². The zero-order valence-electron chi connectivity index (χ0n) is 7.52. The van der Waals surface area contributed by atoms with Gasteiger partial charge in [0.1, 0.15) is 0 Å². The van der Waals surface area contributed by atoms with Gasteiger partial charge < -0.3 is 0 Å². The van der Waals surface area contributed by atoms with E-state index in [1.165, 1.54) is 10.8 Å². The van der Waals surface area contributed by atoms with Gasteiger partial charge in [-0.3, -0.25) is 0 Å². The lowest BCUT2D eigenvalue weighted by molar-refractivity contribution is 0.593. The van der Waals surface area contributed by atoms with Crippen LogP contribution in [0.5, 0.6) is 0 Å². The summed E-state index contributed by atoms with van der Waals surface area (Å²) >= 11 is 0. The van der Waals surface area contributed by atoms with Gasteiger partial charge in [-0.1, -0.05) is 49.3 Å². The highest BCUT2D eigenvalue weighted by atomic mass is 28.1. The van der Waals surface area contributed by atoms with E-state index in [2.05, 4.69) is 52.5 Å². The molecular formula is C10H12Si2. The Balaban J connectivity index is 3.10. The Labute approximate surface area is 81.2 Å². The predicted octanol–water partition coefficient (Wildman–Crippen LogP) is 1.34. The van der Waals surface area contributed by atoms with Crippen LogP contribution in [-0.4, -0.2) is 20.5 Å². The molecule has 1 aromatic rings. The first-order valence-electron chi connectivity index (χ1n) is 4.03. The molecular weight excluding hydrogens is 176 g/mol. The molecule has 0 N–H and O–H groups in total. The molecule has 0 nitrogen and oxygen atoms in total. The standard InChI is InChI=1S/C10H12Si2/c1-10(2,7-11)8-5-3-4-6-9(8)12/h3-6H,7H2,1-2H3. The molecule has 0 saturated carbocycles. The minimum atomic E-state index is 0.190. The lowest BCUT2D eigenvalue weighted by atomic mass is 9.87. The largest absolute Gasteiger partial charge is 0.0715 e. The maximum absolute atomic E-state index is 3.60. The third-order valence-corrected chi connectivity index (χ3v) is 3.42. The van der Waals surface area contributed by atoms with Gasteiger partial charge in [0.25, 0.3) is 0 Å². The molecule has 0 fully saturated rings. The molecule has 0 amide bonds. The first-order chi connectivity index (χ1) is 5.58. The molecule has 0 saturated heterocycles. The molecule has 0 aliphatic rings. The Hall–Kier alpha value is -0.346. The summed E-state index contributed by atoms with van der Waals surface area (Å²) in [6, 6.07) is 9.31. The molecule has 0 aromatic heterocycles. The first-order valence-corrected chi connectivity index (χ1v) is 5.24. The van der Waals surface area contributed by atoms with Crippen molar-refractivity contribution in [3.63, 3.8) is 0 Å². The molecule has 1 rings (SSSR count). The average Bonchev–Trinajstić information content (AvgIpc) is 2.05. The first kappa shape index (κ1) is 9.74. The molecule has 60 valence electrons. The SMILES string of the molecule is CC(C)(C[Si])c1ccccc1[Si]. The fraction of sp³-hybridized carbons (Fsp3) is 0.400. The van der Waals surface area contributed by atoms with Gasteiger partial charge >= 0.3 is 0 Å². The van der Waals surface area contributed by atoms with Gasteiger partial charge in [-0.2, -0.15) is 0 Å². The smallest absolute Gasteiger partial charge is 0.0637 e. The van der Waals surface area contributed by atoms with Crippen LogP contribution in [0, 0.1) is 0 Å². The van der Waals surface area contributed by atoms with E-state index in [-0.39, 0.29) is 5.41 Å². The Bertz CT molecular complexity index is 266. The van der Waals surface area contributed by atoms with Crippen LogP contribution in [0.25, 0.3) is 0 Å². The van der Waals surface area contributed by atoms with Crippen molar-refractivity contribution in [3.05, 3.63) is 29.8 Å². The highest BCUT2D eigenvalue weighted by molar-refractivity contribution is 6.33. The molecule has 0 spiro atoms. The maximum atomic E-state index is 3.60. The zero-order chi connectivity index (χ0) is 9.19. The summed E-state index contributed by atoms with van der Waals surface area (Å²) in [7, 11) is 7.17. The summed E-state index contributed by atoms with van der Waals surface area (Å²) in [6.07, 6.45) is 0. The van der Waals surface area contributed by atoms with E-state index in [1.807, 2.05) is 6.07 Å². The summed E-state index contributed by atoms with van der Waals surface area (Å²) in [5.41, 5.74) is 1.53. The maximum Gasteiger partial charge on any atom is 0.0715 e. The minimum Gasteiger partial charge on any atom is -0.0637 e. The minimum absolute atomic E-state index is 0.190. The van der Waals surface area contributed by atoms with Crippen molar-refractivity contribution in [2.45, 2.75) is 25.3 Å². The summed E-state index contributed by atoms with van der Waals surface area (Å²) in [5, 5.41) is 1.18. The summed E-state index contributed by atoms with van der Waals surface area (Å²) < 4.78 is 0. The van der Waals surface area contributed by atoms with Crippen LogP contribution in [-0.2, 0) is 5.41 Å². The van der Waals surface area contributed by atoms with Gasteiger partial charge in [-0.25, -0.2) is 0 Å². The molecule has 2 heteroatoms. The lowest BCUT2D eigenvalue weighted by Crippen LogP contribution is -2.25. The summed E-state index contributed by atoms with van der Waals surface area (Å²) in [4.78, 5) is 0. The van der Waals surface area contributed by atoms with Gasteiger partial charge in [0.15, 0.2) is 0 Å². The van der Waals surface area contributed by atoms with Crippen LogP contribution in [0.15, 0.2) is 24.3 Å². The number of hydrogen-bond acceptors (Lipinski definition) is 0. The van der Waals surface area contributed by atoms with Crippen molar-refractivity contribution in [1.82, 2.24) is 0 Å². The normalized spacial score (nSPS) is 11.7. The topological polar surface area (TPSA) is 0 Å². The Morgan fingerprint density at radius 1 is 1.25 bits per heavy atom. The van der Waals surface area contributed by atoms with Gasteiger partial charge in [0, 0.05) is 10.2 Å². The molecule has 12 heavy (non-hydrogen) atoms. The van der Waals surface area contributed by atoms with Crippen LogP contribution in [0.2, 0.25) is 6.04 Å². The fourth-order valence-corrected chi connectivity index (χ4v) is 1.88. The van der Waals surface area contributed by atoms with Crippen molar-refractivity contribution in [2.24, 2.45) is 0 Å².